The first-order valence-electron chi connectivity index (χ1n) is 6.52. The zero-order chi connectivity index (χ0) is 14.5. The number of rotatable bonds is 6. The second-order valence-electron chi connectivity index (χ2n) is 4.48. The van der Waals surface area contributed by atoms with Crippen LogP contribution in [-0.4, -0.2) is 16.9 Å². The molecular formula is C14H19ClN4O. The number of hydrogen-bond donors (Lipinski definition) is 2. The second kappa shape index (κ2) is 6.74. The summed E-state index contributed by atoms with van der Waals surface area (Å²) in [4.78, 5) is 0. The zero-order valence-corrected chi connectivity index (χ0v) is 12.4. The van der Waals surface area contributed by atoms with Gasteiger partial charge in [-0.1, -0.05) is 30.7 Å². The molecule has 1 atom stereocenters. The summed E-state index contributed by atoms with van der Waals surface area (Å²) in [6.45, 7) is 2.90. The highest BCUT2D eigenvalue weighted by atomic mass is 35.5. The van der Waals surface area contributed by atoms with Crippen LogP contribution in [0.5, 0.6) is 5.75 Å². The van der Waals surface area contributed by atoms with Crippen molar-refractivity contribution in [2.45, 2.75) is 25.9 Å². The van der Waals surface area contributed by atoms with Crippen molar-refractivity contribution in [1.82, 2.24) is 15.2 Å². The van der Waals surface area contributed by atoms with Gasteiger partial charge in [0.15, 0.2) is 5.75 Å². The normalized spacial score (nSPS) is 12.4. The maximum atomic E-state index is 6.06. The fourth-order valence-electron chi connectivity index (χ4n) is 2.24. The van der Waals surface area contributed by atoms with Gasteiger partial charge in [0.05, 0.1) is 19.3 Å². The molecule has 0 fully saturated rings. The summed E-state index contributed by atoms with van der Waals surface area (Å²) in [5.74, 6) is 6.45. The highest BCUT2D eigenvalue weighted by Gasteiger charge is 2.22. The van der Waals surface area contributed by atoms with E-state index in [1.165, 1.54) is 0 Å². The van der Waals surface area contributed by atoms with Gasteiger partial charge in [-0.2, -0.15) is 5.10 Å². The molecule has 0 aliphatic carbocycles. The minimum atomic E-state index is -0.224. The maximum Gasteiger partial charge on any atom is 0.161 e. The third kappa shape index (κ3) is 2.95. The van der Waals surface area contributed by atoms with Gasteiger partial charge in [0.1, 0.15) is 5.69 Å². The van der Waals surface area contributed by atoms with Crippen LogP contribution < -0.4 is 16.0 Å². The second-order valence-corrected chi connectivity index (χ2v) is 4.91. The minimum Gasteiger partial charge on any atom is -0.493 e. The Morgan fingerprint density at radius 1 is 1.50 bits per heavy atom. The van der Waals surface area contributed by atoms with E-state index in [4.69, 9.17) is 22.2 Å². The van der Waals surface area contributed by atoms with E-state index in [-0.39, 0.29) is 6.04 Å². The molecule has 1 heterocycles. The smallest absolute Gasteiger partial charge is 0.161 e. The van der Waals surface area contributed by atoms with E-state index in [0.29, 0.717) is 10.8 Å². The molecule has 0 radical (unpaired) electrons. The number of halogens is 1. The average molecular weight is 295 g/mol. The molecule has 0 aliphatic rings. The number of aromatic nitrogens is 2. The van der Waals surface area contributed by atoms with E-state index in [0.717, 1.165) is 24.2 Å². The number of ether oxygens (including phenoxy) is 1. The quantitative estimate of drug-likeness (QED) is 0.635. The summed E-state index contributed by atoms with van der Waals surface area (Å²) in [5, 5.41) is 5.03. The molecule has 1 unspecified atom stereocenters. The van der Waals surface area contributed by atoms with Gasteiger partial charge in [-0.3, -0.25) is 10.5 Å². The number of hydrazine groups is 1. The van der Waals surface area contributed by atoms with Gasteiger partial charge < -0.3 is 4.74 Å². The summed E-state index contributed by atoms with van der Waals surface area (Å²) in [7, 11) is 1.63. The van der Waals surface area contributed by atoms with Crippen molar-refractivity contribution in [3.63, 3.8) is 0 Å². The van der Waals surface area contributed by atoms with Crippen LogP contribution in [0.25, 0.3) is 0 Å². The Labute approximate surface area is 123 Å². The van der Waals surface area contributed by atoms with Gasteiger partial charge in [0.25, 0.3) is 0 Å². The van der Waals surface area contributed by atoms with E-state index < -0.39 is 0 Å². The molecule has 20 heavy (non-hydrogen) atoms. The fourth-order valence-corrected chi connectivity index (χ4v) is 2.43. The zero-order valence-electron chi connectivity index (χ0n) is 11.6. The highest BCUT2D eigenvalue weighted by molar-refractivity contribution is 6.30. The molecule has 1 aromatic heterocycles. The largest absolute Gasteiger partial charge is 0.493 e. The van der Waals surface area contributed by atoms with Crippen LogP contribution in [0, 0.1) is 0 Å². The molecule has 6 heteroatoms. The van der Waals surface area contributed by atoms with Crippen LogP contribution in [0.1, 0.15) is 30.6 Å². The Morgan fingerprint density at radius 3 is 2.90 bits per heavy atom. The minimum absolute atomic E-state index is 0.224. The molecule has 0 spiro atoms. The molecule has 0 bridgehead atoms. The average Bonchev–Trinajstić information content (AvgIpc) is 2.84. The molecule has 5 nitrogen and oxygen atoms in total. The lowest BCUT2D eigenvalue weighted by atomic mass is 10.0. The third-order valence-electron chi connectivity index (χ3n) is 3.12. The number of methoxy groups -OCH3 is 1. The molecule has 0 saturated heterocycles. The van der Waals surface area contributed by atoms with E-state index in [2.05, 4.69) is 17.4 Å². The first-order chi connectivity index (χ1) is 9.71. The predicted molar refractivity (Wildman–Crippen MR) is 79.7 cm³/mol. The van der Waals surface area contributed by atoms with Crippen LogP contribution in [0.15, 0.2) is 30.5 Å². The van der Waals surface area contributed by atoms with Crippen molar-refractivity contribution in [2.24, 2.45) is 5.84 Å². The molecule has 0 amide bonds. The third-order valence-corrected chi connectivity index (χ3v) is 3.36. The first kappa shape index (κ1) is 14.8. The van der Waals surface area contributed by atoms with E-state index in [9.17, 15) is 0 Å². The molecule has 0 saturated carbocycles. The first-order valence-corrected chi connectivity index (χ1v) is 6.90. The Balaban J connectivity index is 2.48. The Hall–Kier alpha value is -1.56. The molecule has 1 aromatic carbocycles. The molecule has 2 rings (SSSR count). The highest BCUT2D eigenvalue weighted by Crippen LogP contribution is 2.30. The van der Waals surface area contributed by atoms with Crippen LogP contribution >= 0.6 is 11.6 Å². The Morgan fingerprint density at radius 2 is 2.30 bits per heavy atom. The lowest BCUT2D eigenvalue weighted by Gasteiger charge is -2.19. The SMILES string of the molecule is CCCn1ncc(OC)c1C(NN)c1cccc(Cl)c1. The number of nitrogens with one attached hydrogen (secondary N) is 1. The van der Waals surface area contributed by atoms with Crippen LogP contribution in [0.3, 0.4) is 0 Å². The number of nitrogens with zero attached hydrogens (tertiary/aromatic N) is 2. The maximum absolute atomic E-state index is 6.06. The monoisotopic (exact) mass is 294 g/mol. The van der Waals surface area contributed by atoms with E-state index in [1.807, 2.05) is 28.9 Å². The van der Waals surface area contributed by atoms with Crippen molar-refractivity contribution in [1.29, 1.82) is 0 Å². The number of hydrogen-bond acceptors (Lipinski definition) is 4. The van der Waals surface area contributed by atoms with E-state index >= 15 is 0 Å². The summed E-state index contributed by atoms with van der Waals surface area (Å²) in [5.41, 5.74) is 4.69. The van der Waals surface area contributed by atoms with Crippen molar-refractivity contribution in [2.75, 3.05) is 7.11 Å². The predicted octanol–water partition coefficient (Wildman–Crippen LogP) is 2.51. The van der Waals surface area contributed by atoms with Crippen LogP contribution in [0.4, 0.5) is 0 Å². The lowest BCUT2D eigenvalue weighted by molar-refractivity contribution is 0.398. The Bertz CT molecular complexity index is 570. The topological polar surface area (TPSA) is 65.1 Å². The molecule has 2 aromatic rings. The van der Waals surface area contributed by atoms with E-state index in [1.54, 1.807) is 13.3 Å². The van der Waals surface area contributed by atoms with Gasteiger partial charge in [-0.05, 0) is 24.1 Å². The lowest BCUT2D eigenvalue weighted by Crippen LogP contribution is -2.31. The van der Waals surface area contributed by atoms with Crippen molar-refractivity contribution < 1.29 is 4.74 Å². The van der Waals surface area contributed by atoms with Crippen LogP contribution in [0.2, 0.25) is 5.02 Å². The Kier molecular flexibility index (Phi) is 5.00. The van der Waals surface area contributed by atoms with Gasteiger partial charge in [-0.15, -0.1) is 0 Å². The van der Waals surface area contributed by atoms with Crippen molar-refractivity contribution in [3.8, 4) is 5.75 Å². The van der Waals surface area contributed by atoms with Crippen molar-refractivity contribution in [3.05, 3.63) is 46.7 Å². The summed E-state index contributed by atoms with van der Waals surface area (Å²) >= 11 is 6.06. The van der Waals surface area contributed by atoms with Gasteiger partial charge in [0, 0.05) is 11.6 Å². The molecule has 3 N–H and O–H groups in total. The summed E-state index contributed by atoms with van der Waals surface area (Å²) < 4.78 is 7.30. The number of nitrogens with two attached hydrogens (primary N) is 1. The van der Waals surface area contributed by atoms with Gasteiger partial charge >= 0.3 is 0 Å². The molecule has 0 aliphatic heterocycles. The van der Waals surface area contributed by atoms with Crippen molar-refractivity contribution >= 4 is 11.6 Å². The fraction of sp³-hybridized carbons (Fsp3) is 0.357. The molecule has 108 valence electrons. The summed E-state index contributed by atoms with van der Waals surface area (Å²) in [6.07, 6.45) is 2.69. The number of benzene rings is 1. The van der Waals surface area contributed by atoms with Gasteiger partial charge in [-0.25, -0.2) is 5.43 Å². The standard InChI is InChI=1S/C14H19ClN4O/c1-3-7-19-14(12(20-2)9-17-19)13(18-16)10-5-4-6-11(15)8-10/h4-6,8-9,13,18H,3,7,16H2,1-2H3. The van der Waals surface area contributed by atoms with Crippen LogP contribution in [-0.2, 0) is 6.54 Å². The summed E-state index contributed by atoms with van der Waals surface area (Å²) in [6, 6.07) is 7.36. The number of aryl methyl sites for hydroxylation is 1. The molecular weight excluding hydrogens is 276 g/mol. The van der Waals surface area contributed by atoms with Gasteiger partial charge in [0.2, 0.25) is 0 Å².